The minimum absolute atomic E-state index is 0.168. The van der Waals surface area contributed by atoms with E-state index in [2.05, 4.69) is 10.6 Å². The lowest BCUT2D eigenvalue weighted by atomic mass is 9.89. The van der Waals surface area contributed by atoms with Gasteiger partial charge in [0.25, 0.3) is 5.91 Å². The Bertz CT molecular complexity index is 1230. The highest BCUT2D eigenvalue weighted by Crippen LogP contribution is 2.27. The molecule has 3 amide bonds. The molecule has 1 aliphatic rings. The van der Waals surface area contributed by atoms with Crippen LogP contribution in [0.5, 0.6) is 0 Å². The molecule has 1 atom stereocenters. The monoisotopic (exact) mass is 535 g/mol. The van der Waals surface area contributed by atoms with Crippen molar-refractivity contribution >= 4 is 29.3 Å². The number of hydrogen-bond acceptors (Lipinski definition) is 3. The molecule has 1 saturated heterocycles. The molecule has 0 saturated carbocycles. The molecule has 3 aromatic carbocycles. The quantitative estimate of drug-likeness (QED) is 0.426. The van der Waals surface area contributed by atoms with E-state index in [1.54, 1.807) is 47.4 Å². The summed E-state index contributed by atoms with van der Waals surface area (Å²) in [5.74, 6) is -1.06. The van der Waals surface area contributed by atoms with Crippen molar-refractivity contribution in [2.45, 2.75) is 31.7 Å². The van der Waals surface area contributed by atoms with E-state index in [0.29, 0.717) is 42.1 Å². The van der Waals surface area contributed by atoms with Crippen LogP contribution in [0.1, 0.15) is 34.3 Å². The molecule has 2 N–H and O–H groups in total. The Kier molecular flexibility index (Phi) is 9.49. The highest BCUT2D eigenvalue weighted by atomic mass is 35.5. The van der Waals surface area contributed by atoms with Crippen LogP contribution in [-0.4, -0.2) is 48.3 Å². The molecule has 3 aromatic rings. The van der Waals surface area contributed by atoms with E-state index >= 15 is 0 Å². The molecular formula is C30H31ClFN3O3. The van der Waals surface area contributed by atoms with Crippen LogP contribution in [0.25, 0.3) is 0 Å². The molecule has 8 heteroatoms. The summed E-state index contributed by atoms with van der Waals surface area (Å²) in [6, 6.07) is 22.1. The van der Waals surface area contributed by atoms with Gasteiger partial charge in [-0.15, -0.1) is 0 Å². The van der Waals surface area contributed by atoms with Crippen molar-refractivity contribution in [2.75, 3.05) is 19.6 Å². The third-order valence-corrected chi connectivity index (χ3v) is 7.20. The first-order valence-corrected chi connectivity index (χ1v) is 13.2. The van der Waals surface area contributed by atoms with Crippen molar-refractivity contribution in [2.24, 2.45) is 5.92 Å². The fraction of sp³-hybridized carbons (Fsp3) is 0.300. The molecular weight excluding hydrogens is 505 g/mol. The molecule has 0 spiro atoms. The van der Waals surface area contributed by atoms with Crippen molar-refractivity contribution in [3.8, 4) is 0 Å². The number of likely N-dealkylation sites (tertiary alicyclic amines) is 1. The van der Waals surface area contributed by atoms with E-state index in [4.69, 9.17) is 11.6 Å². The van der Waals surface area contributed by atoms with Crippen LogP contribution in [0.4, 0.5) is 4.39 Å². The molecule has 0 aliphatic carbocycles. The second-order valence-electron chi connectivity index (χ2n) is 9.53. The summed E-state index contributed by atoms with van der Waals surface area (Å²) in [5, 5.41) is 5.86. The first-order chi connectivity index (χ1) is 18.4. The molecule has 198 valence electrons. The number of nitrogens with one attached hydrogen (secondary N) is 2. The molecule has 6 nitrogen and oxygen atoms in total. The van der Waals surface area contributed by atoms with Gasteiger partial charge in [0.2, 0.25) is 11.8 Å². The number of piperidine rings is 1. The molecule has 0 radical (unpaired) electrons. The van der Waals surface area contributed by atoms with Crippen molar-refractivity contribution < 1.29 is 18.8 Å². The molecule has 0 aromatic heterocycles. The second-order valence-corrected chi connectivity index (χ2v) is 9.94. The van der Waals surface area contributed by atoms with Crippen LogP contribution in [0.15, 0.2) is 78.9 Å². The summed E-state index contributed by atoms with van der Waals surface area (Å²) in [4.78, 5) is 40.3. The average molecular weight is 536 g/mol. The largest absolute Gasteiger partial charge is 0.343 e. The summed E-state index contributed by atoms with van der Waals surface area (Å²) in [7, 11) is 0. The third kappa shape index (κ3) is 7.42. The lowest BCUT2D eigenvalue weighted by Crippen LogP contribution is -2.53. The molecule has 0 bridgehead atoms. The minimum atomic E-state index is -0.768. The van der Waals surface area contributed by atoms with Crippen molar-refractivity contribution in [1.82, 2.24) is 15.5 Å². The van der Waals surface area contributed by atoms with Crippen molar-refractivity contribution in [3.05, 3.63) is 106 Å². The number of amides is 3. The van der Waals surface area contributed by atoms with E-state index in [0.717, 1.165) is 18.4 Å². The van der Waals surface area contributed by atoms with Crippen LogP contribution < -0.4 is 10.6 Å². The molecule has 1 heterocycles. The van der Waals surface area contributed by atoms with Gasteiger partial charge in [-0.05, 0) is 55.0 Å². The summed E-state index contributed by atoms with van der Waals surface area (Å²) in [6.07, 6.45) is 2.30. The van der Waals surface area contributed by atoms with Crippen LogP contribution in [0.2, 0.25) is 5.02 Å². The Balaban J connectivity index is 1.36. The number of carbonyl (C=O) groups excluding carboxylic acids is 3. The summed E-state index contributed by atoms with van der Waals surface area (Å²) in [6.45, 7) is 0.792. The zero-order valence-electron chi connectivity index (χ0n) is 21.0. The van der Waals surface area contributed by atoms with Crippen LogP contribution in [-0.2, 0) is 22.4 Å². The summed E-state index contributed by atoms with van der Waals surface area (Å²) >= 11 is 6.20. The first-order valence-electron chi connectivity index (χ1n) is 12.8. The number of carbonyl (C=O) groups is 3. The van der Waals surface area contributed by atoms with Gasteiger partial charge in [0, 0.05) is 35.7 Å². The van der Waals surface area contributed by atoms with Gasteiger partial charge in [0.05, 0.1) is 6.54 Å². The predicted octanol–water partition coefficient (Wildman–Crippen LogP) is 4.42. The SMILES string of the molecule is O=C(CNC(=O)c1ccccc1)N[C@@H](Cc1ccccc1)C(=O)N1CCC(Cc2c(F)cccc2Cl)CC1. The minimum Gasteiger partial charge on any atom is -0.343 e. The molecule has 0 unspecified atom stereocenters. The second kappa shape index (κ2) is 13.2. The Hall–Kier alpha value is -3.71. The molecule has 1 fully saturated rings. The molecule has 4 rings (SSSR count). The predicted molar refractivity (Wildman–Crippen MR) is 145 cm³/mol. The zero-order valence-corrected chi connectivity index (χ0v) is 21.8. The van der Waals surface area contributed by atoms with E-state index in [1.807, 2.05) is 30.3 Å². The highest BCUT2D eigenvalue weighted by molar-refractivity contribution is 6.31. The number of halogens is 2. The van der Waals surface area contributed by atoms with Gasteiger partial charge in [-0.25, -0.2) is 4.39 Å². The number of nitrogens with zero attached hydrogens (tertiary/aromatic N) is 1. The highest BCUT2D eigenvalue weighted by Gasteiger charge is 2.30. The van der Waals surface area contributed by atoms with Gasteiger partial charge in [-0.3, -0.25) is 14.4 Å². The fourth-order valence-electron chi connectivity index (χ4n) is 4.74. The van der Waals surface area contributed by atoms with Gasteiger partial charge in [-0.2, -0.15) is 0 Å². The summed E-state index contributed by atoms with van der Waals surface area (Å²) < 4.78 is 14.2. The van der Waals surface area contributed by atoms with Crippen LogP contribution in [0, 0.1) is 11.7 Å². The normalized spacial score (nSPS) is 14.5. The number of benzene rings is 3. The molecule has 1 aliphatic heterocycles. The van der Waals surface area contributed by atoms with Crippen molar-refractivity contribution in [3.63, 3.8) is 0 Å². The maximum Gasteiger partial charge on any atom is 0.251 e. The Labute approximate surface area is 227 Å². The summed E-state index contributed by atoms with van der Waals surface area (Å²) in [5.41, 5.74) is 1.89. The zero-order chi connectivity index (χ0) is 26.9. The Morgan fingerprint density at radius 3 is 2.24 bits per heavy atom. The van der Waals surface area contributed by atoms with E-state index in [1.165, 1.54) is 6.07 Å². The van der Waals surface area contributed by atoms with Gasteiger partial charge in [0.1, 0.15) is 11.9 Å². The smallest absolute Gasteiger partial charge is 0.251 e. The number of rotatable bonds is 9. The third-order valence-electron chi connectivity index (χ3n) is 6.84. The average Bonchev–Trinajstić information content (AvgIpc) is 2.94. The van der Waals surface area contributed by atoms with Gasteiger partial charge in [0.15, 0.2) is 0 Å². The maximum atomic E-state index is 14.2. The number of hydrogen-bond donors (Lipinski definition) is 2. The molecule has 38 heavy (non-hydrogen) atoms. The van der Waals surface area contributed by atoms with E-state index in [9.17, 15) is 18.8 Å². The van der Waals surface area contributed by atoms with Crippen LogP contribution >= 0.6 is 11.6 Å². The Morgan fingerprint density at radius 2 is 1.58 bits per heavy atom. The maximum absolute atomic E-state index is 14.2. The van der Waals surface area contributed by atoms with Crippen LogP contribution in [0.3, 0.4) is 0 Å². The fourth-order valence-corrected chi connectivity index (χ4v) is 4.98. The van der Waals surface area contributed by atoms with Crippen molar-refractivity contribution in [1.29, 1.82) is 0 Å². The van der Waals surface area contributed by atoms with Gasteiger partial charge in [-0.1, -0.05) is 66.2 Å². The van der Waals surface area contributed by atoms with E-state index in [-0.39, 0.29) is 30.1 Å². The lowest BCUT2D eigenvalue weighted by Gasteiger charge is -2.34. The Morgan fingerprint density at radius 1 is 0.921 bits per heavy atom. The van der Waals surface area contributed by atoms with E-state index < -0.39 is 11.9 Å². The van der Waals surface area contributed by atoms with Gasteiger partial charge >= 0.3 is 0 Å². The topological polar surface area (TPSA) is 78.5 Å². The lowest BCUT2D eigenvalue weighted by molar-refractivity contribution is -0.137. The van der Waals surface area contributed by atoms with Gasteiger partial charge < -0.3 is 15.5 Å². The standard InChI is InChI=1S/C30H31ClFN3O3/c31-25-12-7-13-26(32)24(25)18-22-14-16-35(17-15-22)30(38)27(19-21-8-3-1-4-9-21)34-28(36)20-33-29(37)23-10-5-2-6-11-23/h1-13,22,27H,14-20H2,(H,33,37)(H,34,36)/t27-/m0/s1. The first kappa shape index (κ1) is 27.3.